The number of hydrogen-bond donors (Lipinski definition) is 0. The Morgan fingerprint density at radius 3 is 2.38 bits per heavy atom. The van der Waals surface area contributed by atoms with Crippen molar-refractivity contribution in [3.63, 3.8) is 0 Å². The highest BCUT2D eigenvalue weighted by atomic mass is 32.2. The summed E-state index contributed by atoms with van der Waals surface area (Å²) in [6.45, 7) is 1.68. The third-order valence-corrected chi connectivity index (χ3v) is 7.41. The van der Waals surface area contributed by atoms with E-state index in [0.717, 1.165) is 18.6 Å². The van der Waals surface area contributed by atoms with Crippen molar-refractivity contribution in [1.29, 1.82) is 0 Å². The molecule has 1 heterocycles. The smallest absolute Gasteiger partial charge is 0.243 e. The average Bonchev–Trinajstić information content (AvgIpc) is 3.01. The predicted octanol–water partition coefficient (Wildman–Crippen LogP) is 3.02. The van der Waals surface area contributed by atoms with Crippen LogP contribution in [0.25, 0.3) is 0 Å². The molecule has 1 amide bonds. The van der Waals surface area contributed by atoms with E-state index in [4.69, 9.17) is 0 Å². The molecule has 0 N–H and O–H groups in total. The minimum Gasteiger partial charge on any atom is -0.341 e. The van der Waals surface area contributed by atoms with E-state index in [1.165, 1.54) is 42.1 Å². The number of sulfonamides is 1. The van der Waals surface area contributed by atoms with Gasteiger partial charge in [0.25, 0.3) is 0 Å². The highest BCUT2D eigenvalue weighted by molar-refractivity contribution is 7.89. The average molecular weight is 383 g/mol. The number of nitrogens with zero attached hydrogens (tertiary/aromatic N) is 2. The Morgan fingerprint density at radius 2 is 1.69 bits per heavy atom. The number of hydrogen-bond acceptors (Lipinski definition) is 3. The molecule has 1 aliphatic heterocycles. The normalized spacial score (nSPS) is 20.3. The first-order valence-corrected chi connectivity index (χ1v) is 10.9. The van der Waals surface area contributed by atoms with Gasteiger partial charge in [0, 0.05) is 32.6 Å². The summed E-state index contributed by atoms with van der Waals surface area (Å²) in [7, 11) is -3.65. The second-order valence-electron chi connectivity index (χ2n) is 7.28. The summed E-state index contributed by atoms with van der Waals surface area (Å²) in [5, 5.41) is 0. The first-order chi connectivity index (χ1) is 12.5. The second kappa shape index (κ2) is 8.48. The van der Waals surface area contributed by atoms with Gasteiger partial charge in [-0.15, -0.1) is 0 Å². The van der Waals surface area contributed by atoms with Crippen molar-refractivity contribution in [2.24, 2.45) is 5.92 Å². The third-order valence-electron chi connectivity index (χ3n) is 5.50. The zero-order valence-corrected chi connectivity index (χ0v) is 15.9. The van der Waals surface area contributed by atoms with E-state index in [1.54, 1.807) is 4.90 Å². The van der Waals surface area contributed by atoms with E-state index in [2.05, 4.69) is 0 Å². The van der Waals surface area contributed by atoms with Crippen LogP contribution in [-0.4, -0.2) is 49.7 Å². The van der Waals surface area contributed by atoms with Gasteiger partial charge in [-0.05, 0) is 43.0 Å². The van der Waals surface area contributed by atoms with Crippen LogP contribution in [-0.2, 0) is 14.8 Å². The molecule has 0 spiro atoms. The number of carbonyl (C=O) groups is 1. The van der Waals surface area contributed by atoms with Crippen LogP contribution in [0.2, 0.25) is 0 Å². The molecule has 26 heavy (non-hydrogen) atoms. The van der Waals surface area contributed by atoms with Gasteiger partial charge in [0.1, 0.15) is 5.82 Å². The molecule has 1 aromatic carbocycles. The molecule has 0 unspecified atom stereocenters. The van der Waals surface area contributed by atoms with E-state index in [9.17, 15) is 17.6 Å². The van der Waals surface area contributed by atoms with Crippen LogP contribution >= 0.6 is 0 Å². The zero-order chi connectivity index (χ0) is 18.6. The summed E-state index contributed by atoms with van der Waals surface area (Å²) >= 11 is 0. The Balaban J connectivity index is 1.57. The van der Waals surface area contributed by atoms with Gasteiger partial charge < -0.3 is 4.90 Å². The second-order valence-corrected chi connectivity index (χ2v) is 9.22. The lowest BCUT2D eigenvalue weighted by atomic mass is 10.0. The van der Waals surface area contributed by atoms with Crippen molar-refractivity contribution >= 4 is 15.9 Å². The Kier molecular flexibility index (Phi) is 6.29. The van der Waals surface area contributed by atoms with Crippen molar-refractivity contribution in [3.8, 4) is 0 Å². The lowest BCUT2D eigenvalue weighted by Gasteiger charge is -2.22. The summed E-state index contributed by atoms with van der Waals surface area (Å²) in [5.74, 6) is 0.359. The van der Waals surface area contributed by atoms with Crippen molar-refractivity contribution in [1.82, 2.24) is 9.21 Å². The van der Waals surface area contributed by atoms with Crippen LogP contribution in [0.5, 0.6) is 0 Å². The van der Waals surface area contributed by atoms with Gasteiger partial charge in [-0.3, -0.25) is 4.79 Å². The van der Waals surface area contributed by atoms with Crippen molar-refractivity contribution < 1.29 is 17.6 Å². The molecule has 1 saturated carbocycles. The summed E-state index contributed by atoms with van der Waals surface area (Å²) < 4.78 is 39.9. The van der Waals surface area contributed by atoms with Crippen LogP contribution in [0.15, 0.2) is 29.2 Å². The van der Waals surface area contributed by atoms with Gasteiger partial charge in [0.2, 0.25) is 15.9 Å². The van der Waals surface area contributed by atoms with Gasteiger partial charge in [-0.25, -0.2) is 12.8 Å². The van der Waals surface area contributed by atoms with Crippen LogP contribution in [0, 0.1) is 11.7 Å². The molecular formula is C19H27FN2O3S. The van der Waals surface area contributed by atoms with Crippen LogP contribution in [0.4, 0.5) is 4.39 Å². The topological polar surface area (TPSA) is 57.7 Å². The van der Waals surface area contributed by atoms with Crippen LogP contribution in [0.3, 0.4) is 0 Å². The monoisotopic (exact) mass is 382 g/mol. The van der Waals surface area contributed by atoms with Gasteiger partial charge in [-0.1, -0.05) is 25.7 Å². The summed E-state index contributed by atoms with van der Waals surface area (Å²) in [6.07, 6.45) is 7.16. The molecule has 2 fully saturated rings. The lowest BCUT2D eigenvalue weighted by molar-refractivity contribution is -0.131. The zero-order valence-electron chi connectivity index (χ0n) is 15.1. The van der Waals surface area contributed by atoms with Crippen LogP contribution < -0.4 is 0 Å². The standard InChI is InChI=1S/C19H27FN2O3S/c20-17-7-9-18(10-8-17)26(24,25)22-13-3-12-21(14-15-22)19(23)11-6-16-4-1-2-5-16/h7-10,16H,1-6,11-15H2. The van der Waals surface area contributed by atoms with Crippen molar-refractivity contribution in [2.45, 2.75) is 49.8 Å². The Bertz CT molecular complexity index is 715. The largest absolute Gasteiger partial charge is 0.341 e. The molecule has 144 valence electrons. The minimum absolute atomic E-state index is 0.0971. The molecular weight excluding hydrogens is 355 g/mol. The molecule has 5 nitrogen and oxygen atoms in total. The quantitative estimate of drug-likeness (QED) is 0.787. The number of rotatable bonds is 5. The lowest BCUT2D eigenvalue weighted by Crippen LogP contribution is -2.37. The van der Waals surface area contributed by atoms with Gasteiger partial charge >= 0.3 is 0 Å². The van der Waals surface area contributed by atoms with E-state index >= 15 is 0 Å². The number of halogens is 1. The number of carbonyl (C=O) groups excluding carboxylic acids is 1. The predicted molar refractivity (Wildman–Crippen MR) is 97.5 cm³/mol. The van der Waals surface area contributed by atoms with Crippen LogP contribution in [0.1, 0.15) is 44.9 Å². The summed E-state index contributed by atoms with van der Waals surface area (Å²) in [4.78, 5) is 14.4. The fourth-order valence-electron chi connectivity index (χ4n) is 3.92. The molecule has 7 heteroatoms. The highest BCUT2D eigenvalue weighted by Gasteiger charge is 2.28. The van der Waals surface area contributed by atoms with E-state index in [0.29, 0.717) is 38.4 Å². The van der Waals surface area contributed by atoms with Gasteiger partial charge in [-0.2, -0.15) is 4.31 Å². The molecule has 1 aliphatic carbocycles. The molecule has 1 aromatic rings. The third kappa shape index (κ3) is 4.62. The highest BCUT2D eigenvalue weighted by Crippen LogP contribution is 2.28. The van der Waals surface area contributed by atoms with Crippen molar-refractivity contribution in [2.75, 3.05) is 26.2 Å². The maximum Gasteiger partial charge on any atom is 0.243 e. The first kappa shape index (κ1) is 19.3. The Morgan fingerprint density at radius 1 is 1.00 bits per heavy atom. The Hall–Kier alpha value is -1.47. The van der Waals surface area contributed by atoms with E-state index in [-0.39, 0.29) is 17.3 Å². The molecule has 0 bridgehead atoms. The molecule has 1 saturated heterocycles. The molecule has 0 radical (unpaired) electrons. The number of benzene rings is 1. The van der Waals surface area contributed by atoms with E-state index in [1.807, 2.05) is 0 Å². The van der Waals surface area contributed by atoms with E-state index < -0.39 is 15.8 Å². The molecule has 0 aromatic heterocycles. The SMILES string of the molecule is O=C(CCC1CCCC1)N1CCCN(S(=O)(=O)c2ccc(F)cc2)CC1. The fraction of sp³-hybridized carbons (Fsp3) is 0.632. The fourth-order valence-corrected chi connectivity index (χ4v) is 5.39. The Labute approximate surface area is 155 Å². The van der Waals surface area contributed by atoms with Crippen molar-refractivity contribution in [3.05, 3.63) is 30.1 Å². The van der Waals surface area contributed by atoms with Gasteiger partial charge in [0.05, 0.1) is 4.90 Å². The number of amides is 1. The maximum atomic E-state index is 13.1. The summed E-state index contributed by atoms with van der Waals surface area (Å²) in [6, 6.07) is 4.90. The summed E-state index contributed by atoms with van der Waals surface area (Å²) in [5.41, 5.74) is 0. The maximum absolute atomic E-state index is 13.1. The molecule has 2 aliphatic rings. The minimum atomic E-state index is -3.65. The molecule has 3 rings (SSSR count). The van der Waals surface area contributed by atoms with Gasteiger partial charge in [0.15, 0.2) is 0 Å². The first-order valence-electron chi connectivity index (χ1n) is 9.50. The molecule has 0 atom stereocenters.